The summed E-state index contributed by atoms with van der Waals surface area (Å²) in [5.41, 5.74) is 4.89. The molecule has 1 heterocycles. The van der Waals surface area contributed by atoms with Crippen LogP contribution in [0.15, 0.2) is 66.7 Å². The van der Waals surface area contributed by atoms with E-state index in [1.54, 1.807) is 48.5 Å². The third-order valence-corrected chi connectivity index (χ3v) is 5.17. The van der Waals surface area contributed by atoms with Crippen molar-refractivity contribution in [3.63, 3.8) is 0 Å². The molecule has 1 aliphatic heterocycles. The van der Waals surface area contributed by atoms with Gasteiger partial charge in [-0.2, -0.15) is 5.26 Å². The zero-order valence-electron chi connectivity index (χ0n) is 17.9. The lowest BCUT2D eigenvalue weighted by atomic mass is 10.0. The van der Waals surface area contributed by atoms with Gasteiger partial charge < -0.3 is 20.7 Å². The number of anilines is 2. The number of ether oxygens (including phenoxy) is 1. The van der Waals surface area contributed by atoms with Crippen molar-refractivity contribution < 1.29 is 14.3 Å². The Morgan fingerprint density at radius 3 is 2.64 bits per heavy atom. The van der Waals surface area contributed by atoms with Crippen LogP contribution in [0, 0.1) is 11.3 Å². The van der Waals surface area contributed by atoms with E-state index in [9.17, 15) is 9.59 Å². The highest BCUT2D eigenvalue weighted by Gasteiger charge is 2.12. The first-order valence-electron chi connectivity index (χ1n) is 10.5. The van der Waals surface area contributed by atoms with Crippen LogP contribution in [-0.2, 0) is 19.5 Å². The third-order valence-electron chi connectivity index (χ3n) is 5.17. The molecule has 3 aromatic carbocycles. The number of rotatable bonds is 5. The summed E-state index contributed by atoms with van der Waals surface area (Å²) >= 11 is 0. The Bertz CT molecular complexity index is 1200. The maximum atomic E-state index is 12.3. The Hall–Kier alpha value is -4.35. The minimum Gasteiger partial charge on any atom is -0.410 e. The fourth-order valence-corrected chi connectivity index (χ4v) is 3.51. The van der Waals surface area contributed by atoms with Gasteiger partial charge in [-0.1, -0.05) is 18.2 Å². The molecular formula is C25H23N5O3. The first-order chi connectivity index (χ1) is 16.1. The second-order valence-corrected chi connectivity index (χ2v) is 7.57. The monoisotopic (exact) mass is 441 g/mol. The average molecular weight is 441 g/mol. The van der Waals surface area contributed by atoms with E-state index in [0.29, 0.717) is 22.7 Å². The normalized spacial score (nSPS) is 12.1. The van der Waals surface area contributed by atoms with Crippen LogP contribution in [-0.4, -0.2) is 18.7 Å². The van der Waals surface area contributed by atoms with Crippen LogP contribution >= 0.6 is 0 Å². The Morgan fingerprint density at radius 1 is 0.970 bits per heavy atom. The number of nitrogens with zero attached hydrogens (tertiary/aromatic N) is 1. The Balaban J connectivity index is 1.28. The van der Waals surface area contributed by atoms with E-state index in [4.69, 9.17) is 10.00 Å². The molecule has 0 radical (unpaired) electrons. The molecule has 3 amide bonds. The average Bonchev–Trinajstić information content (AvgIpc) is 2.83. The van der Waals surface area contributed by atoms with Crippen molar-refractivity contribution in [1.29, 1.82) is 5.26 Å². The SMILES string of the molecule is N#Cc1ccc(NC(=O)NCc2cccc(NC(=O)Oc3ccc4c(c3)CCNC4)c2)cc1. The maximum Gasteiger partial charge on any atom is 0.417 e. The van der Waals surface area contributed by atoms with Crippen LogP contribution in [0.5, 0.6) is 5.75 Å². The van der Waals surface area contributed by atoms with Gasteiger partial charge in [0.2, 0.25) is 0 Å². The highest BCUT2D eigenvalue weighted by Crippen LogP contribution is 2.21. The van der Waals surface area contributed by atoms with Crippen molar-refractivity contribution in [2.75, 3.05) is 17.2 Å². The molecule has 0 bridgehead atoms. The molecule has 0 aromatic heterocycles. The molecule has 33 heavy (non-hydrogen) atoms. The topological polar surface area (TPSA) is 115 Å². The fraction of sp³-hybridized carbons (Fsp3) is 0.160. The molecule has 4 rings (SSSR count). The Kier molecular flexibility index (Phi) is 6.83. The lowest BCUT2D eigenvalue weighted by Crippen LogP contribution is -2.28. The summed E-state index contributed by atoms with van der Waals surface area (Å²) in [7, 11) is 0. The van der Waals surface area contributed by atoms with Gasteiger partial charge in [-0.05, 0) is 78.2 Å². The largest absolute Gasteiger partial charge is 0.417 e. The number of nitriles is 1. The van der Waals surface area contributed by atoms with Crippen molar-refractivity contribution in [3.05, 3.63) is 89.0 Å². The molecule has 8 heteroatoms. The molecule has 0 saturated heterocycles. The van der Waals surface area contributed by atoms with Crippen molar-refractivity contribution in [2.24, 2.45) is 0 Å². The van der Waals surface area contributed by atoms with Gasteiger partial charge in [-0.15, -0.1) is 0 Å². The lowest BCUT2D eigenvalue weighted by molar-refractivity contribution is 0.215. The number of carbonyl (C=O) groups excluding carboxylic acids is 2. The van der Waals surface area contributed by atoms with Crippen LogP contribution in [0.1, 0.15) is 22.3 Å². The molecule has 166 valence electrons. The van der Waals surface area contributed by atoms with Crippen LogP contribution < -0.4 is 26.0 Å². The molecule has 0 saturated carbocycles. The molecule has 0 atom stereocenters. The quantitative estimate of drug-likeness (QED) is 0.475. The predicted molar refractivity (Wildman–Crippen MR) is 125 cm³/mol. The number of amides is 3. The minimum atomic E-state index is -0.576. The molecule has 3 aromatic rings. The zero-order chi connectivity index (χ0) is 23.0. The molecule has 8 nitrogen and oxygen atoms in total. The molecule has 0 spiro atoms. The van der Waals surface area contributed by atoms with Gasteiger partial charge in [-0.25, -0.2) is 9.59 Å². The van der Waals surface area contributed by atoms with Crippen molar-refractivity contribution in [3.8, 4) is 11.8 Å². The number of fused-ring (bicyclic) bond motifs is 1. The molecule has 0 unspecified atom stereocenters. The summed E-state index contributed by atoms with van der Waals surface area (Å²) < 4.78 is 5.44. The molecular weight excluding hydrogens is 418 g/mol. The van der Waals surface area contributed by atoms with E-state index in [2.05, 4.69) is 21.3 Å². The number of hydrogen-bond donors (Lipinski definition) is 4. The molecule has 1 aliphatic rings. The van der Waals surface area contributed by atoms with Crippen molar-refractivity contribution >= 4 is 23.5 Å². The van der Waals surface area contributed by atoms with Gasteiger partial charge in [-0.3, -0.25) is 5.32 Å². The van der Waals surface area contributed by atoms with E-state index in [0.717, 1.165) is 25.1 Å². The zero-order valence-corrected chi connectivity index (χ0v) is 17.9. The summed E-state index contributed by atoms with van der Waals surface area (Å²) in [6.07, 6.45) is 0.328. The maximum absolute atomic E-state index is 12.3. The summed E-state index contributed by atoms with van der Waals surface area (Å²) in [5, 5.41) is 20.3. The smallest absolute Gasteiger partial charge is 0.410 e. The lowest BCUT2D eigenvalue weighted by Gasteiger charge is -2.17. The first-order valence-corrected chi connectivity index (χ1v) is 10.5. The van der Waals surface area contributed by atoms with E-state index < -0.39 is 6.09 Å². The predicted octanol–water partition coefficient (Wildman–Crippen LogP) is 4.14. The highest BCUT2D eigenvalue weighted by molar-refractivity contribution is 5.89. The van der Waals surface area contributed by atoms with E-state index in [1.807, 2.05) is 24.3 Å². The number of benzene rings is 3. The number of nitrogens with one attached hydrogen (secondary N) is 4. The number of carbonyl (C=O) groups is 2. The van der Waals surface area contributed by atoms with Crippen LogP contribution in [0.25, 0.3) is 0 Å². The van der Waals surface area contributed by atoms with Gasteiger partial charge in [0.1, 0.15) is 5.75 Å². The minimum absolute atomic E-state index is 0.269. The Morgan fingerprint density at radius 2 is 1.82 bits per heavy atom. The van der Waals surface area contributed by atoms with Crippen LogP contribution in [0.4, 0.5) is 21.0 Å². The highest BCUT2D eigenvalue weighted by atomic mass is 16.6. The van der Waals surface area contributed by atoms with Gasteiger partial charge in [0, 0.05) is 24.5 Å². The molecule has 0 aliphatic carbocycles. The van der Waals surface area contributed by atoms with Crippen LogP contribution in [0.3, 0.4) is 0 Å². The van der Waals surface area contributed by atoms with Gasteiger partial charge >= 0.3 is 12.1 Å². The van der Waals surface area contributed by atoms with Crippen molar-refractivity contribution in [2.45, 2.75) is 19.5 Å². The van der Waals surface area contributed by atoms with Crippen LogP contribution in [0.2, 0.25) is 0 Å². The van der Waals surface area contributed by atoms with E-state index >= 15 is 0 Å². The third kappa shape index (κ3) is 6.09. The van der Waals surface area contributed by atoms with E-state index in [1.165, 1.54) is 11.1 Å². The molecule has 4 N–H and O–H groups in total. The second-order valence-electron chi connectivity index (χ2n) is 7.57. The standard InChI is InChI=1S/C25H23N5O3/c26-14-17-4-7-21(8-5-17)29-24(31)28-15-18-2-1-3-22(12-18)30-25(32)33-23-9-6-20-16-27-11-10-19(20)13-23/h1-9,12-13,27H,10-11,15-16H2,(H,30,32)(H2,28,29,31). The Labute approximate surface area is 191 Å². The fourth-order valence-electron chi connectivity index (χ4n) is 3.51. The summed E-state index contributed by atoms with van der Waals surface area (Å²) in [6.45, 7) is 2.01. The summed E-state index contributed by atoms with van der Waals surface area (Å²) in [5.74, 6) is 0.505. The first kappa shape index (κ1) is 21.9. The molecule has 0 fully saturated rings. The van der Waals surface area contributed by atoms with E-state index in [-0.39, 0.29) is 12.6 Å². The number of urea groups is 1. The summed E-state index contributed by atoms with van der Waals surface area (Å²) in [6, 6.07) is 21.0. The van der Waals surface area contributed by atoms with Crippen molar-refractivity contribution in [1.82, 2.24) is 10.6 Å². The summed E-state index contributed by atoms with van der Waals surface area (Å²) in [4.78, 5) is 24.5. The van der Waals surface area contributed by atoms with Gasteiger partial charge in [0.05, 0.1) is 11.6 Å². The second kappa shape index (κ2) is 10.3. The van der Waals surface area contributed by atoms with Gasteiger partial charge in [0.15, 0.2) is 0 Å². The van der Waals surface area contributed by atoms with Gasteiger partial charge in [0.25, 0.3) is 0 Å². The number of hydrogen-bond acceptors (Lipinski definition) is 5.